The first-order chi connectivity index (χ1) is 13.7. The van der Waals surface area contributed by atoms with E-state index in [9.17, 15) is 0 Å². The predicted molar refractivity (Wildman–Crippen MR) is 106 cm³/mol. The number of nitrogens with zero attached hydrogens (tertiary/aromatic N) is 7. The molecule has 2 aromatic heterocycles. The number of para-hydroxylation sites is 1. The molecule has 2 aromatic carbocycles. The summed E-state index contributed by atoms with van der Waals surface area (Å²) in [6.07, 6.45) is 0. The van der Waals surface area contributed by atoms with E-state index in [2.05, 4.69) is 25.7 Å². The van der Waals surface area contributed by atoms with Crippen molar-refractivity contribution in [2.75, 3.05) is 13.0 Å². The van der Waals surface area contributed by atoms with Crippen LogP contribution in [-0.2, 0) is 0 Å². The van der Waals surface area contributed by atoms with Crippen molar-refractivity contribution in [3.63, 3.8) is 0 Å². The van der Waals surface area contributed by atoms with Crippen molar-refractivity contribution < 1.29 is 4.74 Å². The lowest BCUT2D eigenvalue weighted by Crippen LogP contribution is -2.12. The van der Waals surface area contributed by atoms with E-state index < -0.39 is 0 Å². The molecule has 1 atom stereocenters. The minimum atomic E-state index is -0.0922. The number of hydrogen-bond donors (Lipinski definition) is 1. The van der Waals surface area contributed by atoms with Crippen LogP contribution in [0.5, 0.6) is 5.75 Å². The van der Waals surface area contributed by atoms with Gasteiger partial charge >= 0.3 is 0 Å². The number of nitrogens with two attached hydrogens (primary N) is 1. The normalized spacial score (nSPS) is 12.1. The molecular weight excluding hydrogens is 376 g/mol. The van der Waals surface area contributed by atoms with E-state index in [0.717, 1.165) is 17.0 Å². The molecule has 2 heterocycles. The van der Waals surface area contributed by atoms with Crippen molar-refractivity contribution in [3.05, 3.63) is 60.4 Å². The Balaban J connectivity index is 1.57. The standard InChI is InChI=1S/C18H18N8OS/c1-12(16-21-23-24-26(16)14-6-4-3-5-7-14)28-18-22-20-17(25(18)19)13-8-10-15(27-2)11-9-13/h3-12H,19H2,1-2H3. The summed E-state index contributed by atoms with van der Waals surface area (Å²) in [5.74, 6) is 8.27. The largest absolute Gasteiger partial charge is 0.497 e. The molecule has 0 saturated carbocycles. The average Bonchev–Trinajstić information content (AvgIpc) is 3.36. The number of tetrazole rings is 1. The highest BCUT2D eigenvalue weighted by atomic mass is 32.2. The maximum absolute atomic E-state index is 6.24. The minimum absolute atomic E-state index is 0.0922. The van der Waals surface area contributed by atoms with E-state index in [1.807, 2.05) is 61.5 Å². The molecule has 2 N–H and O–H groups in total. The lowest BCUT2D eigenvalue weighted by molar-refractivity contribution is 0.415. The number of benzene rings is 2. The molecule has 0 aliphatic carbocycles. The van der Waals surface area contributed by atoms with Crippen LogP contribution < -0.4 is 10.6 Å². The van der Waals surface area contributed by atoms with E-state index in [-0.39, 0.29) is 5.25 Å². The minimum Gasteiger partial charge on any atom is -0.497 e. The molecule has 9 nitrogen and oxygen atoms in total. The Labute approximate surface area is 165 Å². The Hall–Kier alpha value is -3.40. The third-order valence-electron chi connectivity index (χ3n) is 4.15. The summed E-state index contributed by atoms with van der Waals surface area (Å²) in [5, 5.41) is 21.0. The van der Waals surface area contributed by atoms with Crippen LogP contribution >= 0.6 is 11.8 Å². The summed E-state index contributed by atoms with van der Waals surface area (Å²) >= 11 is 1.44. The lowest BCUT2D eigenvalue weighted by Gasteiger charge is -2.11. The predicted octanol–water partition coefficient (Wildman–Crippen LogP) is 2.50. The smallest absolute Gasteiger partial charge is 0.210 e. The fraction of sp³-hybridized carbons (Fsp3) is 0.167. The first-order valence-corrected chi connectivity index (χ1v) is 9.40. The van der Waals surface area contributed by atoms with Crippen molar-refractivity contribution in [2.24, 2.45) is 0 Å². The molecule has 0 radical (unpaired) electrons. The third kappa shape index (κ3) is 3.41. The maximum Gasteiger partial charge on any atom is 0.210 e. The fourth-order valence-electron chi connectivity index (χ4n) is 2.71. The summed E-state index contributed by atoms with van der Waals surface area (Å²) < 4.78 is 8.36. The molecule has 4 rings (SSSR count). The molecule has 0 spiro atoms. The molecule has 4 aromatic rings. The average molecular weight is 394 g/mol. The van der Waals surface area contributed by atoms with Crippen LogP contribution in [0.15, 0.2) is 59.8 Å². The number of hydrogen-bond acceptors (Lipinski definition) is 8. The molecule has 0 fully saturated rings. The van der Waals surface area contributed by atoms with Crippen LogP contribution in [0.3, 0.4) is 0 Å². The molecule has 142 valence electrons. The first-order valence-electron chi connectivity index (χ1n) is 8.52. The van der Waals surface area contributed by atoms with Crippen molar-refractivity contribution in [2.45, 2.75) is 17.3 Å². The third-order valence-corrected chi connectivity index (χ3v) is 5.21. The molecule has 10 heteroatoms. The van der Waals surface area contributed by atoms with Gasteiger partial charge in [0, 0.05) is 5.56 Å². The molecule has 28 heavy (non-hydrogen) atoms. The van der Waals surface area contributed by atoms with E-state index in [1.165, 1.54) is 16.4 Å². The molecule has 0 aliphatic heterocycles. The van der Waals surface area contributed by atoms with E-state index >= 15 is 0 Å². The molecule has 1 unspecified atom stereocenters. The quantitative estimate of drug-likeness (QED) is 0.392. The van der Waals surface area contributed by atoms with Gasteiger partial charge in [-0.2, -0.15) is 4.68 Å². The zero-order valence-electron chi connectivity index (χ0n) is 15.3. The van der Waals surface area contributed by atoms with Crippen molar-refractivity contribution in [1.29, 1.82) is 0 Å². The summed E-state index contributed by atoms with van der Waals surface area (Å²) in [5.41, 5.74) is 1.74. The zero-order chi connectivity index (χ0) is 19.5. The Morgan fingerprint density at radius 2 is 1.75 bits per heavy atom. The summed E-state index contributed by atoms with van der Waals surface area (Å²) in [6, 6.07) is 17.2. The summed E-state index contributed by atoms with van der Waals surface area (Å²) in [6.45, 7) is 2.00. The molecule has 0 aliphatic rings. The highest BCUT2D eigenvalue weighted by Gasteiger charge is 2.21. The Morgan fingerprint density at radius 1 is 1.00 bits per heavy atom. The van der Waals surface area contributed by atoms with Gasteiger partial charge in [-0.05, 0) is 53.7 Å². The Bertz CT molecular complexity index is 1060. The van der Waals surface area contributed by atoms with Crippen LogP contribution in [0, 0.1) is 0 Å². The van der Waals surface area contributed by atoms with Gasteiger partial charge in [-0.3, -0.25) is 0 Å². The van der Waals surface area contributed by atoms with E-state index in [4.69, 9.17) is 10.6 Å². The molecule has 0 amide bonds. The second kappa shape index (κ2) is 7.69. The number of rotatable bonds is 6. The maximum atomic E-state index is 6.24. The van der Waals surface area contributed by atoms with Gasteiger partial charge in [-0.1, -0.05) is 30.0 Å². The van der Waals surface area contributed by atoms with Gasteiger partial charge in [-0.15, -0.1) is 15.3 Å². The van der Waals surface area contributed by atoms with Crippen molar-refractivity contribution >= 4 is 11.8 Å². The second-order valence-corrected chi connectivity index (χ2v) is 7.26. The zero-order valence-corrected chi connectivity index (χ0v) is 16.1. The monoisotopic (exact) mass is 394 g/mol. The van der Waals surface area contributed by atoms with Gasteiger partial charge in [0.05, 0.1) is 18.0 Å². The Morgan fingerprint density at radius 3 is 2.46 bits per heavy atom. The van der Waals surface area contributed by atoms with Crippen LogP contribution in [0.25, 0.3) is 17.1 Å². The number of thioether (sulfide) groups is 1. The van der Waals surface area contributed by atoms with Gasteiger partial charge in [0.25, 0.3) is 0 Å². The van der Waals surface area contributed by atoms with E-state index in [1.54, 1.807) is 11.8 Å². The highest BCUT2D eigenvalue weighted by molar-refractivity contribution is 7.99. The number of aromatic nitrogens is 7. The van der Waals surface area contributed by atoms with Crippen LogP contribution in [0.4, 0.5) is 0 Å². The van der Waals surface area contributed by atoms with Crippen molar-refractivity contribution in [1.82, 2.24) is 35.1 Å². The number of nitrogen functional groups attached to an aromatic ring is 1. The van der Waals surface area contributed by atoms with Gasteiger partial charge in [-0.25, -0.2) is 4.68 Å². The van der Waals surface area contributed by atoms with Gasteiger partial charge in [0.1, 0.15) is 5.75 Å². The summed E-state index contributed by atoms with van der Waals surface area (Å²) in [7, 11) is 1.62. The van der Waals surface area contributed by atoms with Crippen molar-refractivity contribution in [3.8, 4) is 22.8 Å². The topological polar surface area (TPSA) is 110 Å². The van der Waals surface area contributed by atoms with Gasteiger partial charge in [0.15, 0.2) is 11.6 Å². The second-order valence-electron chi connectivity index (χ2n) is 5.95. The molecule has 0 bridgehead atoms. The van der Waals surface area contributed by atoms with Crippen LogP contribution in [0.2, 0.25) is 0 Å². The Kier molecular flexibility index (Phi) is 4.94. The number of methoxy groups -OCH3 is 1. The number of ether oxygens (including phenoxy) is 1. The SMILES string of the molecule is COc1ccc(-c2nnc(SC(C)c3nnnn3-c3ccccc3)n2N)cc1. The highest BCUT2D eigenvalue weighted by Crippen LogP contribution is 2.34. The van der Waals surface area contributed by atoms with Gasteiger partial charge in [0.2, 0.25) is 5.16 Å². The molecule has 0 saturated heterocycles. The first kappa shape index (κ1) is 18.0. The van der Waals surface area contributed by atoms with E-state index in [0.29, 0.717) is 16.8 Å². The fourth-order valence-corrected chi connectivity index (χ4v) is 3.56. The lowest BCUT2D eigenvalue weighted by atomic mass is 10.2. The summed E-state index contributed by atoms with van der Waals surface area (Å²) in [4.78, 5) is 0. The van der Waals surface area contributed by atoms with Crippen LogP contribution in [0.1, 0.15) is 18.0 Å². The van der Waals surface area contributed by atoms with Gasteiger partial charge < -0.3 is 10.6 Å². The molecular formula is C18H18N8OS. The van der Waals surface area contributed by atoms with Crippen LogP contribution in [-0.4, -0.2) is 42.2 Å².